The molecule has 0 aromatic heterocycles. The first-order valence-electron chi connectivity index (χ1n) is 6.79. The van der Waals surface area contributed by atoms with Crippen molar-refractivity contribution in [3.63, 3.8) is 0 Å². The summed E-state index contributed by atoms with van der Waals surface area (Å²) in [6.07, 6.45) is 1.99. The van der Waals surface area contributed by atoms with E-state index < -0.39 is 23.8 Å². The van der Waals surface area contributed by atoms with Gasteiger partial charge in [-0.05, 0) is 18.2 Å². The fraction of sp³-hybridized carbons (Fsp3) is 0.267. The van der Waals surface area contributed by atoms with Gasteiger partial charge in [-0.1, -0.05) is 6.08 Å². The molecule has 1 fully saturated rings. The summed E-state index contributed by atoms with van der Waals surface area (Å²) in [6, 6.07) is 3.79. The molecule has 1 saturated heterocycles. The molecule has 2 amide bonds. The summed E-state index contributed by atoms with van der Waals surface area (Å²) in [7, 11) is 1.23. The molecule has 0 atom stereocenters. The van der Waals surface area contributed by atoms with Gasteiger partial charge in [-0.25, -0.2) is 14.0 Å². The van der Waals surface area contributed by atoms with E-state index in [-0.39, 0.29) is 18.7 Å². The predicted octanol–water partition coefficient (Wildman–Crippen LogP) is 1.24. The van der Waals surface area contributed by atoms with Gasteiger partial charge in [0.2, 0.25) is 0 Å². The van der Waals surface area contributed by atoms with Crippen molar-refractivity contribution in [3.8, 4) is 0 Å². The first-order valence-corrected chi connectivity index (χ1v) is 6.79. The minimum absolute atomic E-state index is 0.0311. The van der Waals surface area contributed by atoms with E-state index in [0.29, 0.717) is 12.2 Å². The van der Waals surface area contributed by atoms with E-state index in [0.717, 1.165) is 12.1 Å². The van der Waals surface area contributed by atoms with E-state index in [2.05, 4.69) is 10.1 Å². The Morgan fingerprint density at radius 1 is 1.48 bits per heavy atom. The molecule has 0 saturated carbocycles. The fourth-order valence-electron chi connectivity index (χ4n) is 1.95. The molecular formula is C15H15FN2O5. The van der Waals surface area contributed by atoms with Crippen LogP contribution in [0.1, 0.15) is 10.4 Å². The van der Waals surface area contributed by atoms with Gasteiger partial charge in [0.1, 0.15) is 12.4 Å². The fourth-order valence-corrected chi connectivity index (χ4v) is 1.95. The lowest BCUT2D eigenvalue weighted by Crippen LogP contribution is -2.27. The Labute approximate surface area is 131 Å². The third kappa shape index (κ3) is 4.06. The second kappa shape index (κ2) is 7.39. The van der Waals surface area contributed by atoms with Crippen LogP contribution in [0.15, 0.2) is 30.4 Å². The Hall–Kier alpha value is -2.90. The highest BCUT2D eigenvalue weighted by atomic mass is 19.1. The number of carbonyl (C=O) groups excluding carboxylic acids is 3. The van der Waals surface area contributed by atoms with Crippen LogP contribution in [-0.2, 0) is 14.3 Å². The molecule has 1 aromatic carbocycles. The maximum Gasteiger partial charge on any atom is 0.414 e. The van der Waals surface area contributed by atoms with Crippen molar-refractivity contribution in [2.24, 2.45) is 0 Å². The molecule has 1 heterocycles. The maximum absolute atomic E-state index is 13.8. The highest BCUT2D eigenvalue weighted by molar-refractivity contribution is 5.97. The molecule has 23 heavy (non-hydrogen) atoms. The number of cyclic esters (lactones) is 1. The van der Waals surface area contributed by atoms with Gasteiger partial charge < -0.3 is 14.8 Å². The Bertz CT molecular complexity index is 659. The maximum atomic E-state index is 13.8. The lowest BCUT2D eigenvalue weighted by Gasteiger charge is -2.14. The molecule has 1 aliphatic rings. The second-order valence-electron chi connectivity index (χ2n) is 4.57. The summed E-state index contributed by atoms with van der Waals surface area (Å²) in [5, 5.41) is 2.44. The largest absolute Gasteiger partial charge is 0.466 e. The number of carbonyl (C=O) groups is 3. The number of halogens is 1. The molecule has 0 bridgehead atoms. The van der Waals surface area contributed by atoms with Crippen molar-refractivity contribution < 1.29 is 28.2 Å². The minimum atomic E-state index is -0.712. The molecule has 122 valence electrons. The van der Waals surface area contributed by atoms with Crippen molar-refractivity contribution >= 4 is 23.7 Å². The Morgan fingerprint density at radius 2 is 2.26 bits per heavy atom. The number of methoxy groups -OCH3 is 1. The van der Waals surface area contributed by atoms with Gasteiger partial charge in [-0.3, -0.25) is 9.69 Å². The number of rotatable bonds is 5. The summed E-state index contributed by atoms with van der Waals surface area (Å²) in [5.41, 5.74) is 0.179. The number of hydrogen-bond acceptors (Lipinski definition) is 5. The SMILES string of the molecule is COC(=O)/C=C/CNC(=O)c1cc(N2CCOC2=O)ccc1F. The zero-order chi connectivity index (χ0) is 16.8. The van der Waals surface area contributed by atoms with Crippen LogP contribution in [0, 0.1) is 5.82 Å². The molecule has 1 aliphatic heterocycles. The van der Waals surface area contributed by atoms with E-state index in [9.17, 15) is 18.8 Å². The van der Waals surface area contributed by atoms with E-state index in [1.54, 1.807) is 0 Å². The minimum Gasteiger partial charge on any atom is -0.466 e. The van der Waals surface area contributed by atoms with Crippen LogP contribution < -0.4 is 10.2 Å². The lowest BCUT2D eigenvalue weighted by atomic mass is 10.1. The van der Waals surface area contributed by atoms with E-state index in [1.165, 1.54) is 30.2 Å². The second-order valence-corrected chi connectivity index (χ2v) is 4.57. The summed E-state index contributed by atoms with van der Waals surface area (Å²) in [5.74, 6) is -1.93. The number of hydrogen-bond donors (Lipinski definition) is 1. The average Bonchev–Trinajstić information content (AvgIpc) is 2.97. The van der Waals surface area contributed by atoms with E-state index in [1.807, 2.05) is 0 Å². The monoisotopic (exact) mass is 322 g/mol. The Kier molecular flexibility index (Phi) is 5.29. The van der Waals surface area contributed by atoms with Crippen molar-refractivity contribution in [1.82, 2.24) is 5.32 Å². The first-order chi connectivity index (χ1) is 11.0. The quantitative estimate of drug-likeness (QED) is 0.651. The molecule has 2 rings (SSSR count). The van der Waals surface area contributed by atoms with Gasteiger partial charge in [0.15, 0.2) is 0 Å². The third-order valence-corrected chi connectivity index (χ3v) is 3.10. The number of ether oxygens (including phenoxy) is 2. The number of amides is 2. The van der Waals surface area contributed by atoms with E-state index in [4.69, 9.17) is 4.74 Å². The van der Waals surface area contributed by atoms with Gasteiger partial charge >= 0.3 is 12.1 Å². The lowest BCUT2D eigenvalue weighted by molar-refractivity contribution is -0.134. The van der Waals surface area contributed by atoms with Crippen molar-refractivity contribution in [2.75, 3.05) is 31.7 Å². The molecule has 1 aromatic rings. The molecule has 1 N–H and O–H groups in total. The molecule has 0 aliphatic carbocycles. The Balaban J connectivity index is 2.06. The molecule has 0 spiro atoms. The molecule has 7 nitrogen and oxygen atoms in total. The van der Waals surface area contributed by atoms with Gasteiger partial charge in [-0.2, -0.15) is 0 Å². The summed E-state index contributed by atoms with van der Waals surface area (Å²) in [4.78, 5) is 35.7. The van der Waals surface area contributed by atoms with E-state index >= 15 is 0 Å². The van der Waals surface area contributed by atoms with Crippen molar-refractivity contribution in [2.45, 2.75) is 0 Å². The number of nitrogens with zero attached hydrogens (tertiary/aromatic N) is 1. The number of anilines is 1. The first kappa shape index (κ1) is 16.5. The third-order valence-electron chi connectivity index (χ3n) is 3.10. The van der Waals surface area contributed by atoms with Crippen LogP contribution in [0.2, 0.25) is 0 Å². The number of nitrogens with one attached hydrogen (secondary N) is 1. The van der Waals surface area contributed by atoms with Crippen LogP contribution in [0.3, 0.4) is 0 Å². The smallest absolute Gasteiger partial charge is 0.414 e. The average molecular weight is 322 g/mol. The normalized spacial score (nSPS) is 14.0. The molecule has 0 unspecified atom stereocenters. The zero-order valence-electron chi connectivity index (χ0n) is 12.4. The Morgan fingerprint density at radius 3 is 2.91 bits per heavy atom. The van der Waals surface area contributed by atoms with Crippen LogP contribution >= 0.6 is 0 Å². The standard InChI is InChI=1S/C15H15FN2O5/c1-22-13(19)3-2-6-17-14(20)11-9-10(4-5-12(11)16)18-7-8-23-15(18)21/h2-5,9H,6-8H2,1H3,(H,17,20)/b3-2+. The summed E-state index contributed by atoms with van der Waals surface area (Å²) < 4.78 is 23.0. The van der Waals surface area contributed by atoms with Gasteiger partial charge in [0.05, 0.1) is 19.2 Å². The molecule has 0 radical (unpaired) electrons. The van der Waals surface area contributed by atoms with Crippen molar-refractivity contribution in [3.05, 3.63) is 41.7 Å². The highest BCUT2D eigenvalue weighted by Crippen LogP contribution is 2.22. The number of benzene rings is 1. The van der Waals surface area contributed by atoms with Gasteiger partial charge in [0.25, 0.3) is 5.91 Å². The molecule has 8 heteroatoms. The van der Waals surface area contributed by atoms with Gasteiger partial charge in [0, 0.05) is 18.3 Å². The van der Waals surface area contributed by atoms with Crippen LogP contribution in [0.25, 0.3) is 0 Å². The van der Waals surface area contributed by atoms with Crippen LogP contribution in [-0.4, -0.2) is 44.8 Å². The summed E-state index contributed by atoms with van der Waals surface area (Å²) >= 11 is 0. The number of esters is 1. The topological polar surface area (TPSA) is 84.9 Å². The summed E-state index contributed by atoms with van der Waals surface area (Å²) in [6.45, 7) is 0.618. The zero-order valence-corrected chi connectivity index (χ0v) is 12.4. The van der Waals surface area contributed by atoms with Gasteiger partial charge in [-0.15, -0.1) is 0 Å². The van der Waals surface area contributed by atoms with Crippen LogP contribution in [0.5, 0.6) is 0 Å². The molecular weight excluding hydrogens is 307 g/mol. The predicted molar refractivity (Wildman–Crippen MR) is 78.6 cm³/mol. The van der Waals surface area contributed by atoms with Crippen molar-refractivity contribution in [1.29, 1.82) is 0 Å². The van der Waals surface area contributed by atoms with Crippen LogP contribution in [0.4, 0.5) is 14.9 Å². The highest BCUT2D eigenvalue weighted by Gasteiger charge is 2.25.